The third kappa shape index (κ3) is 3.87. The molecule has 0 spiro atoms. The van der Waals surface area contributed by atoms with E-state index < -0.39 is 5.91 Å². The number of benzene rings is 1. The van der Waals surface area contributed by atoms with E-state index in [1.165, 1.54) is 0 Å². The zero-order valence-electron chi connectivity index (χ0n) is 13.4. The molecule has 0 atom stereocenters. The van der Waals surface area contributed by atoms with Crippen molar-refractivity contribution in [3.8, 4) is 11.4 Å². The van der Waals surface area contributed by atoms with Crippen molar-refractivity contribution in [3.05, 3.63) is 39.5 Å². The third-order valence-electron chi connectivity index (χ3n) is 3.63. The largest absolute Gasteiger partial charge is 0.382 e. The second-order valence-electron chi connectivity index (χ2n) is 5.35. The van der Waals surface area contributed by atoms with Crippen molar-refractivity contribution in [3.63, 3.8) is 0 Å². The number of H-pyrrole nitrogens is 1. The maximum absolute atomic E-state index is 11.7. The zero-order valence-corrected chi connectivity index (χ0v) is 15.7. The Balaban J connectivity index is 1.99. The smallest absolute Gasteiger partial charge is 0.250 e. The fourth-order valence-corrected chi connectivity index (χ4v) is 3.17. The fraction of sp³-hybridized carbons (Fsp3) is 0.250. The highest BCUT2D eigenvalue weighted by Gasteiger charge is 2.15. The van der Waals surface area contributed by atoms with Gasteiger partial charge < -0.3 is 20.2 Å². The Kier molecular flexibility index (Phi) is 5.43. The topological polar surface area (TPSA) is 95.2 Å². The average molecular weight is 428 g/mol. The SMILES string of the molecule is COCCOCn1nc(Br)cc1-c1cc2cc(Cl)cc(C(N)=O)c2[nH]1. The molecule has 3 N–H and O–H groups in total. The molecule has 1 aromatic carbocycles. The van der Waals surface area contributed by atoms with Gasteiger partial charge in [0.15, 0.2) is 0 Å². The van der Waals surface area contributed by atoms with Crippen LogP contribution in [-0.2, 0) is 16.2 Å². The summed E-state index contributed by atoms with van der Waals surface area (Å²) >= 11 is 9.45. The van der Waals surface area contributed by atoms with Gasteiger partial charge in [-0.25, -0.2) is 4.68 Å². The lowest BCUT2D eigenvalue weighted by molar-refractivity contribution is 0.0295. The molecule has 0 radical (unpaired) electrons. The standard InChI is InChI=1S/C16H16BrClN4O3/c1-24-2-3-25-8-22-13(7-14(17)21-22)12-5-9-4-10(18)6-11(16(19)23)15(9)20-12/h4-7,20H,2-3,8H2,1H3,(H2,19,23). The summed E-state index contributed by atoms with van der Waals surface area (Å²) in [5.41, 5.74) is 8.00. The number of nitrogens with two attached hydrogens (primary N) is 1. The Bertz CT molecular complexity index is 922. The van der Waals surface area contributed by atoms with E-state index in [0.29, 0.717) is 33.9 Å². The molecule has 0 saturated heterocycles. The number of ether oxygens (including phenoxy) is 2. The summed E-state index contributed by atoms with van der Waals surface area (Å²) in [6, 6.07) is 7.07. The Morgan fingerprint density at radius 1 is 1.36 bits per heavy atom. The summed E-state index contributed by atoms with van der Waals surface area (Å²) in [6.45, 7) is 1.23. The first-order valence-electron chi connectivity index (χ1n) is 7.42. The van der Waals surface area contributed by atoms with Gasteiger partial charge in [-0.05, 0) is 34.1 Å². The van der Waals surface area contributed by atoms with Gasteiger partial charge in [0.25, 0.3) is 5.91 Å². The maximum atomic E-state index is 11.7. The minimum Gasteiger partial charge on any atom is -0.382 e. The number of aromatic amines is 1. The first-order chi connectivity index (χ1) is 12.0. The quantitative estimate of drug-likeness (QED) is 0.566. The lowest BCUT2D eigenvalue weighted by Gasteiger charge is -2.07. The summed E-state index contributed by atoms with van der Waals surface area (Å²) in [5, 5.41) is 5.60. The van der Waals surface area contributed by atoms with E-state index in [1.807, 2.05) is 12.1 Å². The molecule has 0 aliphatic rings. The highest BCUT2D eigenvalue weighted by molar-refractivity contribution is 9.10. The monoisotopic (exact) mass is 426 g/mol. The summed E-state index contributed by atoms with van der Waals surface area (Å²) in [5.74, 6) is -0.543. The van der Waals surface area contributed by atoms with Crippen LogP contribution in [0, 0.1) is 0 Å². The number of hydrogen-bond donors (Lipinski definition) is 2. The molecule has 0 aliphatic heterocycles. The molecule has 7 nitrogen and oxygen atoms in total. The highest BCUT2D eigenvalue weighted by atomic mass is 79.9. The number of rotatable bonds is 7. The van der Waals surface area contributed by atoms with Gasteiger partial charge in [-0.15, -0.1) is 0 Å². The van der Waals surface area contributed by atoms with Crippen LogP contribution < -0.4 is 5.73 Å². The van der Waals surface area contributed by atoms with Crippen LogP contribution in [0.4, 0.5) is 0 Å². The van der Waals surface area contributed by atoms with Crippen molar-refractivity contribution >= 4 is 44.3 Å². The summed E-state index contributed by atoms with van der Waals surface area (Å²) in [4.78, 5) is 14.9. The predicted octanol–water partition coefficient (Wildman–Crippen LogP) is 3.17. The van der Waals surface area contributed by atoms with Gasteiger partial charge >= 0.3 is 0 Å². The van der Waals surface area contributed by atoms with Crippen molar-refractivity contribution in [1.29, 1.82) is 0 Å². The van der Waals surface area contributed by atoms with Gasteiger partial charge in [-0.1, -0.05) is 11.6 Å². The van der Waals surface area contributed by atoms with Gasteiger partial charge in [0, 0.05) is 23.6 Å². The number of halogens is 2. The minimum atomic E-state index is -0.543. The molecule has 2 aromatic heterocycles. The molecule has 0 saturated carbocycles. The van der Waals surface area contributed by atoms with Crippen molar-refractivity contribution in [2.24, 2.45) is 5.73 Å². The van der Waals surface area contributed by atoms with Crippen LogP contribution in [-0.4, -0.2) is 41.0 Å². The molecule has 2 heterocycles. The second-order valence-corrected chi connectivity index (χ2v) is 6.60. The lowest BCUT2D eigenvalue weighted by Crippen LogP contribution is -2.11. The predicted molar refractivity (Wildman–Crippen MR) is 98.6 cm³/mol. The van der Waals surface area contributed by atoms with Crippen LogP contribution in [0.1, 0.15) is 10.4 Å². The number of carbonyl (C=O) groups excluding carboxylic acids is 1. The molecule has 132 valence electrons. The normalized spacial score (nSPS) is 11.3. The Hall–Kier alpha value is -1.87. The first kappa shape index (κ1) is 17.9. The maximum Gasteiger partial charge on any atom is 0.250 e. The van der Waals surface area contributed by atoms with E-state index in [9.17, 15) is 4.79 Å². The van der Waals surface area contributed by atoms with Gasteiger partial charge in [0.2, 0.25) is 0 Å². The number of nitrogens with zero attached hydrogens (tertiary/aromatic N) is 2. The average Bonchev–Trinajstić information content (AvgIpc) is 3.13. The molecule has 25 heavy (non-hydrogen) atoms. The van der Waals surface area contributed by atoms with Crippen molar-refractivity contribution in [1.82, 2.24) is 14.8 Å². The molecule has 0 bridgehead atoms. The fourth-order valence-electron chi connectivity index (χ4n) is 2.53. The number of fused-ring (bicyclic) bond motifs is 1. The third-order valence-corrected chi connectivity index (χ3v) is 4.24. The van der Waals surface area contributed by atoms with Gasteiger partial charge in [0.1, 0.15) is 11.3 Å². The zero-order chi connectivity index (χ0) is 18.0. The second kappa shape index (κ2) is 7.57. The van der Waals surface area contributed by atoms with Crippen molar-refractivity contribution in [2.75, 3.05) is 20.3 Å². The van der Waals surface area contributed by atoms with Crippen molar-refractivity contribution < 1.29 is 14.3 Å². The Labute approximate surface area is 157 Å². The van der Waals surface area contributed by atoms with E-state index in [1.54, 1.807) is 23.9 Å². The van der Waals surface area contributed by atoms with Crippen LogP contribution in [0.15, 0.2) is 28.9 Å². The molecule has 3 aromatic rings. The van der Waals surface area contributed by atoms with E-state index in [4.69, 9.17) is 26.8 Å². The van der Waals surface area contributed by atoms with Crippen molar-refractivity contribution in [2.45, 2.75) is 6.73 Å². The summed E-state index contributed by atoms with van der Waals surface area (Å²) in [6.07, 6.45) is 0. The van der Waals surface area contributed by atoms with Crippen LogP contribution in [0.5, 0.6) is 0 Å². The van der Waals surface area contributed by atoms with Crippen LogP contribution in [0.2, 0.25) is 5.02 Å². The summed E-state index contributed by atoms with van der Waals surface area (Å²) in [7, 11) is 1.62. The number of aromatic nitrogens is 3. The minimum absolute atomic E-state index is 0.267. The Morgan fingerprint density at radius 2 is 2.16 bits per heavy atom. The highest BCUT2D eigenvalue weighted by Crippen LogP contribution is 2.30. The number of methoxy groups -OCH3 is 1. The van der Waals surface area contributed by atoms with Crippen LogP contribution >= 0.6 is 27.5 Å². The molecule has 0 unspecified atom stereocenters. The van der Waals surface area contributed by atoms with Crippen LogP contribution in [0.25, 0.3) is 22.3 Å². The lowest BCUT2D eigenvalue weighted by atomic mass is 10.1. The molecular formula is C16H16BrClN4O3. The number of carbonyl (C=O) groups is 1. The van der Waals surface area contributed by atoms with E-state index >= 15 is 0 Å². The van der Waals surface area contributed by atoms with E-state index in [0.717, 1.165) is 16.8 Å². The van der Waals surface area contributed by atoms with Gasteiger partial charge in [0.05, 0.1) is 35.7 Å². The van der Waals surface area contributed by atoms with E-state index in [-0.39, 0.29) is 6.73 Å². The van der Waals surface area contributed by atoms with Gasteiger partial charge in [-0.2, -0.15) is 5.10 Å². The molecular weight excluding hydrogens is 412 g/mol. The number of nitrogens with one attached hydrogen (secondary N) is 1. The molecule has 3 rings (SSSR count). The Morgan fingerprint density at radius 3 is 2.88 bits per heavy atom. The number of primary amides is 1. The van der Waals surface area contributed by atoms with Crippen LogP contribution in [0.3, 0.4) is 0 Å². The molecule has 9 heteroatoms. The molecule has 0 aliphatic carbocycles. The summed E-state index contributed by atoms with van der Waals surface area (Å²) < 4.78 is 12.9. The molecule has 1 amide bonds. The number of hydrogen-bond acceptors (Lipinski definition) is 4. The first-order valence-corrected chi connectivity index (χ1v) is 8.59. The van der Waals surface area contributed by atoms with Gasteiger partial charge in [-0.3, -0.25) is 4.79 Å². The van der Waals surface area contributed by atoms with E-state index in [2.05, 4.69) is 26.0 Å². The molecule has 0 fully saturated rings. The number of amides is 1.